The molecule has 0 atom stereocenters. The SMILES string of the molecule is Cc1nc(-c2cccc(CCN)c2)n(C)n1. The van der Waals surface area contributed by atoms with E-state index in [1.54, 1.807) is 4.68 Å². The summed E-state index contributed by atoms with van der Waals surface area (Å²) in [6, 6.07) is 8.28. The molecule has 2 aromatic rings. The number of aryl methyl sites for hydroxylation is 2. The Morgan fingerprint density at radius 2 is 2.19 bits per heavy atom. The average molecular weight is 216 g/mol. The highest BCUT2D eigenvalue weighted by molar-refractivity contribution is 5.56. The summed E-state index contributed by atoms with van der Waals surface area (Å²) in [7, 11) is 1.91. The summed E-state index contributed by atoms with van der Waals surface area (Å²) in [5, 5.41) is 4.24. The van der Waals surface area contributed by atoms with Gasteiger partial charge in [0.1, 0.15) is 5.82 Å². The van der Waals surface area contributed by atoms with Gasteiger partial charge in [0.05, 0.1) is 0 Å². The molecule has 0 saturated carbocycles. The minimum Gasteiger partial charge on any atom is -0.330 e. The molecule has 0 unspecified atom stereocenters. The lowest BCUT2D eigenvalue weighted by molar-refractivity contribution is 0.764. The monoisotopic (exact) mass is 216 g/mol. The molecule has 2 rings (SSSR count). The van der Waals surface area contributed by atoms with Crippen molar-refractivity contribution < 1.29 is 0 Å². The van der Waals surface area contributed by atoms with Crippen molar-refractivity contribution in [2.24, 2.45) is 12.8 Å². The number of hydrogen-bond donors (Lipinski definition) is 1. The molecule has 0 radical (unpaired) electrons. The minimum absolute atomic E-state index is 0.668. The van der Waals surface area contributed by atoms with Crippen LogP contribution in [0.1, 0.15) is 11.4 Å². The number of nitrogens with zero attached hydrogens (tertiary/aromatic N) is 3. The first-order valence-electron chi connectivity index (χ1n) is 5.37. The zero-order valence-electron chi connectivity index (χ0n) is 9.64. The first kappa shape index (κ1) is 10.8. The normalized spacial score (nSPS) is 10.7. The molecule has 1 aromatic carbocycles. The second-order valence-electron chi connectivity index (χ2n) is 3.85. The molecule has 4 heteroatoms. The average Bonchev–Trinajstić information content (AvgIpc) is 2.59. The molecule has 2 N–H and O–H groups in total. The van der Waals surface area contributed by atoms with Gasteiger partial charge in [0.15, 0.2) is 5.82 Å². The number of nitrogens with two attached hydrogens (primary N) is 1. The molecule has 0 amide bonds. The van der Waals surface area contributed by atoms with Gasteiger partial charge in [0.2, 0.25) is 0 Å². The lowest BCUT2D eigenvalue weighted by Crippen LogP contribution is -2.03. The van der Waals surface area contributed by atoms with Gasteiger partial charge in [-0.25, -0.2) is 9.67 Å². The third-order valence-corrected chi connectivity index (χ3v) is 2.49. The second kappa shape index (κ2) is 4.45. The van der Waals surface area contributed by atoms with E-state index in [2.05, 4.69) is 22.2 Å². The van der Waals surface area contributed by atoms with Crippen LogP contribution in [-0.4, -0.2) is 21.3 Å². The Bertz CT molecular complexity index is 488. The van der Waals surface area contributed by atoms with Crippen LogP contribution in [-0.2, 0) is 13.5 Å². The lowest BCUT2D eigenvalue weighted by Gasteiger charge is -2.03. The summed E-state index contributed by atoms with van der Waals surface area (Å²) in [4.78, 5) is 4.40. The van der Waals surface area contributed by atoms with Gasteiger partial charge in [0, 0.05) is 12.6 Å². The Morgan fingerprint density at radius 3 is 2.81 bits per heavy atom. The Balaban J connectivity index is 2.40. The molecule has 0 saturated heterocycles. The molecule has 4 nitrogen and oxygen atoms in total. The largest absolute Gasteiger partial charge is 0.330 e. The molecule has 0 aliphatic rings. The molecule has 16 heavy (non-hydrogen) atoms. The van der Waals surface area contributed by atoms with E-state index in [4.69, 9.17) is 5.73 Å². The Morgan fingerprint density at radius 1 is 1.38 bits per heavy atom. The molecule has 0 fully saturated rings. The highest BCUT2D eigenvalue weighted by Crippen LogP contribution is 2.18. The topological polar surface area (TPSA) is 56.7 Å². The standard InChI is InChI=1S/C12H16N4/c1-9-14-12(16(2)15-9)11-5-3-4-10(8-11)6-7-13/h3-5,8H,6-7,13H2,1-2H3. The number of hydrogen-bond acceptors (Lipinski definition) is 3. The number of aromatic nitrogens is 3. The quantitative estimate of drug-likeness (QED) is 0.841. The van der Waals surface area contributed by atoms with Gasteiger partial charge in [-0.15, -0.1) is 0 Å². The van der Waals surface area contributed by atoms with Gasteiger partial charge >= 0.3 is 0 Å². The Hall–Kier alpha value is -1.68. The molecule has 0 bridgehead atoms. The number of benzene rings is 1. The van der Waals surface area contributed by atoms with E-state index in [0.717, 1.165) is 23.6 Å². The van der Waals surface area contributed by atoms with Crippen molar-refractivity contribution in [1.82, 2.24) is 14.8 Å². The van der Waals surface area contributed by atoms with Crippen LogP contribution in [0.2, 0.25) is 0 Å². The molecule has 0 aliphatic carbocycles. The fourth-order valence-corrected chi connectivity index (χ4v) is 1.80. The van der Waals surface area contributed by atoms with Gasteiger partial charge in [-0.3, -0.25) is 0 Å². The Labute approximate surface area is 95.1 Å². The van der Waals surface area contributed by atoms with Crippen molar-refractivity contribution in [2.75, 3.05) is 6.54 Å². The van der Waals surface area contributed by atoms with E-state index in [0.29, 0.717) is 6.54 Å². The van der Waals surface area contributed by atoms with E-state index in [1.165, 1.54) is 5.56 Å². The van der Waals surface area contributed by atoms with E-state index < -0.39 is 0 Å². The van der Waals surface area contributed by atoms with Gasteiger partial charge in [-0.1, -0.05) is 18.2 Å². The van der Waals surface area contributed by atoms with Crippen LogP contribution in [0.25, 0.3) is 11.4 Å². The zero-order valence-corrected chi connectivity index (χ0v) is 9.64. The van der Waals surface area contributed by atoms with Crippen LogP contribution in [0.15, 0.2) is 24.3 Å². The predicted octanol–water partition coefficient (Wildman–Crippen LogP) is 1.29. The van der Waals surface area contributed by atoms with Crippen LogP contribution in [0.4, 0.5) is 0 Å². The Kier molecular flexibility index (Phi) is 3.01. The summed E-state index contributed by atoms with van der Waals surface area (Å²) >= 11 is 0. The van der Waals surface area contributed by atoms with Crippen molar-refractivity contribution >= 4 is 0 Å². The fourth-order valence-electron chi connectivity index (χ4n) is 1.80. The second-order valence-corrected chi connectivity index (χ2v) is 3.85. The molecular formula is C12H16N4. The molecule has 0 spiro atoms. The highest BCUT2D eigenvalue weighted by Gasteiger charge is 2.06. The first-order valence-corrected chi connectivity index (χ1v) is 5.37. The van der Waals surface area contributed by atoms with Crippen molar-refractivity contribution in [2.45, 2.75) is 13.3 Å². The van der Waals surface area contributed by atoms with E-state index in [-0.39, 0.29) is 0 Å². The smallest absolute Gasteiger partial charge is 0.158 e. The number of rotatable bonds is 3. The van der Waals surface area contributed by atoms with Gasteiger partial charge < -0.3 is 5.73 Å². The van der Waals surface area contributed by atoms with Crippen LogP contribution in [0, 0.1) is 6.92 Å². The maximum absolute atomic E-state index is 5.55. The van der Waals surface area contributed by atoms with Crippen LogP contribution >= 0.6 is 0 Å². The first-order chi connectivity index (χ1) is 7.70. The van der Waals surface area contributed by atoms with Gasteiger partial charge in [-0.2, -0.15) is 5.10 Å². The van der Waals surface area contributed by atoms with E-state index >= 15 is 0 Å². The summed E-state index contributed by atoms with van der Waals surface area (Å²) in [5.41, 5.74) is 7.88. The molecule has 84 valence electrons. The summed E-state index contributed by atoms with van der Waals surface area (Å²) in [6.07, 6.45) is 0.894. The molecular weight excluding hydrogens is 200 g/mol. The third kappa shape index (κ3) is 2.12. The zero-order chi connectivity index (χ0) is 11.5. The highest BCUT2D eigenvalue weighted by atomic mass is 15.3. The van der Waals surface area contributed by atoms with Crippen molar-refractivity contribution in [1.29, 1.82) is 0 Å². The third-order valence-electron chi connectivity index (χ3n) is 2.49. The van der Waals surface area contributed by atoms with Gasteiger partial charge in [0.25, 0.3) is 0 Å². The molecule has 1 aromatic heterocycles. The van der Waals surface area contributed by atoms with E-state index in [9.17, 15) is 0 Å². The van der Waals surface area contributed by atoms with Gasteiger partial charge in [-0.05, 0) is 31.5 Å². The minimum atomic E-state index is 0.668. The lowest BCUT2D eigenvalue weighted by atomic mass is 10.1. The van der Waals surface area contributed by atoms with E-state index in [1.807, 2.05) is 26.1 Å². The summed E-state index contributed by atoms with van der Waals surface area (Å²) in [5.74, 6) is 1.69. The van der Waals surface area contributed by atoms with Crippen molar-refractivity contribution in [3.63, 3.8) is 0 Å². The van der Waals surface area contributed by atoms with Crippen LogP contribution in [0.5, 0.6) is 0 Å². The summed E-state index contributed by atoms with van der Waals surface area (Å²) in [6.45, 7) is 2.56. The van der Waals surface area contributed by atoms with Crippen molar-refractivity contribution in [3.05, 3.63) is 35.7 Å². The van der Waals surface area contributed by atoms with Crippen LogP contribution in [0.3, 0.4) is 0 Å². The molecule has 1 heterocycles. The predicted molar refractivity (Wildman–Crippen MR) is 63.9 cm³/mol. The van der Waals surface area contributed by atoms with Crippen molar-refractivity contribution in [3.8, 4) is 11.4 Å². The maximum atomic E-state index is 5.55. The fraction of sp³-hybridized carbons (Fsp3) is 0.333. The summed E-state index contributed by atoms with van der Waals surface area (Å²) < 4.78 is 1.80. The van der Waals surface area contributed by atoms with Crippen LogP contribution < -0.4 is 5.73 Å². The molecule has 0 aliphatic heterocycles. The maximum Gasteiger partial charge on any atom is 0.158 e.